The predicted octanol–water partition coefficient (Wildman–Crippen LogP) is 6.95. The maximum absolute atomic E-state index is 13.5. The summed E-state index contributed by atoms with van der Waals surface area (Å²) in [6.45, 7) is 1.97. The van der Waals surface area contributed by atoms with Crippen LogP contribution in [0.25, 0.3) is 0 Å². The molecule has 1 heterocycles. The summed E-state index contributed by atoms with van der Waals surface area (Å²) in [6, 6.07) is 29.7. The molecule has 5 heteroatoms. The zero-order valence-corrected chi connectivity index (χ0v) is 18.8. The number of nitrogens with zero attached hydrogens (tertiary/aromatic N) is 1. The van der Waals surface area contributed by atoms with Gasteiger partial charge in [-0.15, -0.1) is 0 Å². The molecule has 0 saturated carbocycles. The first-order chi connectivity index (χ1) is 16.1. The minimum atomic E-state index is -0.289. The molecular weight excluding hydrogens is 431 g/mol. The molecule has 1 amide bonds. The summed E-state index contributed by atoms with van der Waals surface area (Å²) in [4.78, 5) is 20.0. The van der Waals surface area contributed by atoms with Crippen LogP contribution >= 0.6 is 11.8 Å². The van der Waals surface area contributed by atoms with Gasteiger partial charge in [-0.1, -0.05) is 60.3 Å². The van der Waals surface area contributed by atoms with Gasteiger partial charge in [0.05, 0.1) is 17.4 Å². The Labute approximate surface area is 196 Å². The van der Waals surface area contributed by atoms with Crippen LogP contribution in [-0.4, -0.2) is 11.6 Å². The molecule has 1 atom stereocenters. The van der Waals surface area contributed by atoms with Crippen LogP contribution in [0.15, 0.2) is 112 Å². The molecule has 162 valence electrons. The maximum atomic E-state index is 13.5. The summed E-state index contributed by atoms with van der Waals surface area (Å²) in [5.74, 6) is -0.443. The first kappa shape index (κ1) is 21.2. The Morgan fingerprint density at radius 1 is 0.879 bits per heavy atom. The van der Waals surface area contributed by atoms with Gasteiger partial charge in [0, 0.05) is 26.5 Å². The average molecular weight is 453 g/mol. The van der Waals surface area contributed by atoms with Crippen LogP contribution in [0.4, 0.5) is 10.1 Å². The number of rotatable bonds is 4. The van der Waals surface area contributed by atoms with Crippen LogP contribution < -0.4 is 5.32 Å². The number of nitrogens with one attached hydrogen (secondary N) is 1. The molecule has 0 aromatic heterocycles. The zero-order valence-electron chi connectivity index (χ0n) is 18.0. The Bertz CT molecular complexity index is 1350. The Morgan fingerprint density at radius 3 is 2.39 bits per heavy atom. The van der Waals surface area contributed by atoms with Gasteiger partial charge in [-0.05, 0) is 61.0 Å². The topological polar surface area (TPSA) is 41.5 Å². The van der Waals surface area contributed by atoms with E-state index in [9.17, 15) is 9.18 Å². The number of hydrogen-bond acceptors (Lipinski definition) is 3. The van der Waals surface area contributed by atoms with E-state index in [-0.39, 0.29) is 17.8 Å². The van der Waals surface area contributed by atoms with Crippen molar-refractivity contribution in [2.24, 2.45) is 4.99 Å². The van der Waals surface area contributed by atoms with Gasteiger partial charge in [0.2, 0.25) is 0 Å². The molecule has 5 rings (SSSR count). The van der Waals surface area contributed by atoms with Crippen molar-refractivity contribution < 1.29 is 9.18 Å². The van der Waals surface area contributed by atoms with Gasteiger partial charge in [0.1, 0.15) is 5.82 Å². The highest BCUT2D eigenvalue weighted by molar-refractivity contribution is 7.99. The lowest BCUT2D eigenvalue weighted by atomic mass is 10.0. The Hall–Kier alpha value is -3.70. The molecule has 0 fully saturated rings. The van der Waals surface area contributed by atoms with E-state index in [4.69, 9.17) is 4.99 Å². The van der Waals surface area contributed by atoms with Crippen LogP contribution in [0.2, 0.25) is 0 Å². The summed E-state index contributed by atoms with van der Waals surface area (Å²) >= 11 is 1.62. The van der Waals surface area contributed by atoms with E-state index in [1.807, 2.05) is 73.7 Å². The molecule has 1 aliphatic rings. The number of hydrogen-bond donors (Lipinski definition) is 1. The van der Waals surface area contributed by atoms with Gasteiger partial charge in [-0.2, -0.15) is 0 Å². The second kappa shape index (κ2) is 9.04. The van der Waals surface area contributed by atoms with E-state index in [1.54, 1.807) is 23.9 Å². The van der Waals surface area contributed by atoms with Crippen molar-refractivity contribution in [1.82, 2.24) is 5.32 Å². The number of amides is 1. The third-order valence-corrected chi connectivity index (χ3v) is 6.72. The van der Waals surface area contributed by atoms with Crippen molar-refractivity contribution >= 4 is 29.1 Å². The summed E-state index contributed by atoms with van der Waals surface area (Å²) in [5, 5.41) is 3.07. The summed E-state index contributed by atoms with van der Waals surface area (Å²) in [7, 11) is 0. The monoisotopic (exact) mass is 452 g/mol. The first-order valence-electron chi connectivity index (χ1n) is 10.7. The second-order valence-electron chi connectivity index (χ2n) is 7.85. The Kier molecular flexibility index (Phi) is 5.80. The molecular formula is C28H21FN2OS. The van der Waals surface area contributed by atoms with Crippen molar-refractivity contribution in [3.05, 3.63) is 125 Å². The highest BCUT2D eigenvalue weighted by Crippen LogP contribution is 2.41. The molecule has 0 saturated heterocycles. The van der Waals surface area contributed by atoms with Crippen LogP contribution in [0.3, 0.4) is 0 Å². The molecule has 4 aromatic rings. The summed E-state index contributed by atoms with van der Waals surface area (Å²) in [5.41, 5.74) is 4.87. The molecule has 4 aromatic carbocycles. The van der Waals surface area contributed by atoms with E-state index >= 15 is 0 Å². The smallest absolute Gasteiger partial charge is 0.251 e. The number of carbonyl (C=O) groups excluding carboxylic acids is 1. The fraction of sp³-hybridized carbons (Fsp3) is 0.0714. The molecule has 0 radical (unpaired) electrons. The Morgan fingerprint density at radius 2 is 1.61 bits per heavy atom. The molecule has 1 aliphatic heterocycles. The first-order valence-corrected chi connectivity index (χ1v) is 11.5. The van der Waals surface area contributed by atoms with Crippen molar-refractivity contribution in [3.8, 4) is 0 Å². The molecule has 1 unspecified atom stereocenters. The fourth-order valence-electron chi connectivity index (χ4n) is 3.82. The normalized spacial score (nSPS) is 13.2. The van der Waals surface area contributed by atoms with Gasteiger partial charge in [-0.25, -0.2) is 9.38 Å². The minimum Gasteiger partial charge on any atom is -0.346 e. The largest absolute Gasteiger partial charge is 0.346 e. The quantitative estimate of drug-likeness (QED) is 0.321. The van der Waals surface area contributed by atoms with E-state index in [0.29, 0.717) is 5.56 Å². The van der Waals surface area contributed by atoms with Crippen molar-refractivity contribution in [1.29, 1.82) is 0 Å². The molecule has 0 aliphatic carbocycles. The van der Waals surface area contributed by atoms with Crippen molar-refractivity contribution in [2.75, 3.05) is 0 Å². The minimum absolute atomic E-state index is 0.116. The number of halogens is 1. The molecule has 3 nitrogen and oxygen atoms in total. The fourth-order valence-corrected chi connectivity index (χ4v) is 4.82. The number of carbonyl (C=O) groups is 1. The van der Waals surface area contributed by atoms with E-state index in [1.165, 1.54) is 12.1 Å². The number of benzene rings is 4. The molecule has 33 heavy (non-hydrogen) atoms. The lowest BCUT2D eigenvalue weighted by Gasteiger charge is -2.15. The lowest BCUT2D eigenvalue weighted by Crippen LogP contribution is -2.26. The summed E-state index contributed by atoms with van der Waals surface area (Å²) in [6.07, 6.45) is 0. The van der Waals surface area contributed by atoms with Crippen LogP contribution in [0.1, 0.15) is 40.0 Å². The van der Waals surface area contributed by atoms with Crippen molar-refractivity contribution in [2.45, 2.75) is 22.8 Å². The van der Waals surface area contributed by atoms with E-state index in [2.05, 4.69) is 11.4 Å². The van der Waals surface area contributed by atoms with Gasteiger partial charge >= 0.3 is 0 Å². The predicted molar refractivity (Wildman–Crippen MR) is 131 cm³/mol. The SMILES string of the molecule is CC(NC(=O)c1ccc2c(c1)N=C(c1ccc(F)cc1)c1ccccc1S2)c1ccccc1. The number of fused-ring (bicyclic) bond motifs is 2. The third-order valence-electron chi connectivity index (χ3n) is 5.58. The number of aliphatic imine (C=N–C) groups is 1. The summed E-state index contributed by atoms with van der Waals surface area (Å²) < 4.78 is 13.5. The third kappa shape index (κ3) is 4.45. The highest BCUT2D eigenvalue weighted by Gasteiger charge is 2.20. The maximum Gasteiger partial charge on any atom is 0.251 e. The van der Waals surface area contributed by atoms with Gasteiger partial charge in [-0.3, -0.25) is 4.79 Å². The van der Waals surface area contributed by atoms with Gasteiger partial charge < -0.3 is 5.32 Å². The Balaban J connectivity index is 1.52. The van der Waals surface area contributed by atoms with Gasteiger partial charge in [0.15, 0.2) is 0 Å². The molecule has 1 N–H and O–H groups in total. The molecule has 0 spiro atoms. The van der Waals surface area contributed by atoms with E-state index in [0.717, 1.165) is 37.9 Å². The lowest BCUT2D eigenvalue weighted by molar-refractivity contribution is 0.0940. The van der Waals surface area contributed by atoms with Gasteiger partial charge in [0.25, 0.3) is 5.91 Å². The average Bonchev–Trinajstić information content (AvgIpc) is 3.01. The molecule has 0 bridgehead atoms. The van der Waals surface area contributed by atoms with Crippen LogP contribution in [0.5, 0.6) is 0 Å². The van der Waals surface area contributed by atoms with Crippen LogP contribution in [-0.2, 0) is 0 Å². The highest BCUT2D eigenvalue weighted by atomic mass is 32.2. The second-order valence-corrected chi connectivity index (χ2v) is 8.94. The standard InChI is InChI=1S/C28H21FN2OS/c1-18(19-7-3-2-4-8-19)30-28(32)21-13-16-26-24(17-21)31-27(20-11-14-22(29)15-12-20)23-9-5-6-10-25(23)33-26/h2-18H,1H3,(H,30,32). The van der Waals surface area contributed by atoms with Crippen LogP contribution in [0, 0.1) is 5.82 Å². The zero-order chi connectivity index (χ0) is 22.8. The van der Waals surface area contributed by atoms with Crippen molar-refractivity contribution in [3.63, 3.8) is 0 Å². The van der Waals surface area contributed by atoms with E-state index < -0.39 is 0 Å².